The van der Waals surface area contributed by atoms with Gasteiger partial charge < -0.3 is 19.0 Å². The standard InChI is InChI=1S/C20H17N3O5/c1-12-14(22-11-21-12)10-20(27-17(24)7-8-18(25)28-20)19(26)16-9-13-5-3-4-6-15(13)23(16)2/h3-9,11H,10H2,1-2H3,(H,21,22). The van der Waals surface area contributed by atoms with Crippen LogP contribution in [0.1, 0.15) is 21.9 Å². The average Bonchev–Trinajstić information content (AvgIpc) is 3.18. The lowest BCUT2D eigenvalue weighted by Gasteiger charge is -2.29. The van der Waals surface area contributed by atoms with Crippen LogP contribution in [-0.4, -0.2) is 38.0 Å². The summed E-state index contributed by atoms with van der Waals surface area (Å²) < 4.78 is 12.4. The summed E-state index contributed by atoms with van der Waals surface area (Å²) in [7, 11) is 1.72. The maximum absolute atomic E-state index is 13.6. The molecular weight excluding hydrogens is 362 g/mol. The molecule has 0 atom stereocenters. The first-order valence-corrected chi connectivity index (χ1v) is 8.62. The number of imidazole rings is 1. The highest BCUT2D eigenvalue weighted by Gasteiger charge is 2.49. The second kappa shape index (κ2) is 6.49. The molecule has 2 aromatic heterocycles. The number of carbonyl (C=O) groups excluding carboxylic acids is 3. The number of aryl methyl sites for hydroxylation is 2. The van der Waals surface area contributed by atoms with E-state index < -0.39 is 23.5 Å². The Balaban J connectivity index is 1.85. The van der Waals surface area contributed by atoms with Crippen molar-refractivity contribution in [1.29, 1.82) is 0 Å². The van der Waals surface area contributed by atoms with Crippen molar-refractivity contribution in [2.45, 2.75) is 19.1 Å². The minimum absolute atomic E-state index is 0.206. The predicted molar refractivity (Wildman–Crippen MR) is 98.3 cm³/mol. The molecule has 142 valence electrons. The third kappa shape index (κ3) is 2.88. The van der Waals surface area contributed by atoms with E-state index in [9.17, 15) is 14.4 Å². The van der Waals surface area contributed by atoms with E-state index in [1.165, 1.54) is 6.33 Å². The van der Waals surface area contributed by atoms with Gasteiger partial charge >= 0.3 is 17.7 Å². The van der Waals surface area contributed by atoms with Crippen LogP contribution in [0.25, 0.3) is 10.9 Å². The fourth-order valence-electron chi connectivity index (χ4n) is 3.28. The number of Topliss-reactive ketones (excluding diaryl/α,β-unsaturated/α-hetero) is 1. The Labute approximate surface area is 159 Å². The molecule has 8 heteroatoms. The van der Waals surface area contributed by atoms with E-state index in [-0.39, 0.29) is 12.1 Å². The normalized spacial score (nSPS) is 15.9. The summed E-state index contributed by atoms with van der Waals surface area (Å²) in [6, 6.07) is 9.12. The number of rotatable bonds is 4. The summed E-state index contributed by atoms with van der Waals surface area (Å²) >= 11 is 0. The van der Waals surface area contributed by atoms with Gasteiger partial charge in [-0.05, 0) is 19.1 Å². The molecular formula is C20H17N3O5. The molecule has 0 aliphatic carbocycles. The van der Waals surface area contributed by atoms with Crippen molar-refractivity contribution in [2.24, 2.45) is 7.05 Å². The number of H-pyrrole nitrogens is 1. The lowest BCUT2D eigenvalue weighted by atomic mass is 10.0. The van der Waals surface area contributed by atoms with Crippen LogP contribution in [0.3, 0.4) is 0 Å². The Hall–Kier alpha value is -3.68. The fraction of sp³-hybridized carbons (Fsp3) is 0.200. The van der Waals surface area contributed by atoms with Crippen molar-refractivity contribution in [3.05, 3.63) is 65.9 Å². The maximum atomic E-state index is 13.6. The SMILES string of the molecule is Cc1[nH]cnc1CC1(C(=O)c2cc3ccccc3n2C)OC(=O)C=CC(=O)O1. The number of benzene rings is 1. The van der Waals surface area contributed by atoms with Crippen LogP contribution in [0.15, 0.2) is 48.8 Å². The van der Waals surface area contributed by atoms with Crippen molar-refractivity contribution in [3.63, 3.8) is 0 Å². The number of ketones is 1. The second-order valence-corrected chi connectivity index (χ2v) is 6.56. The highest BCUT2D eigenvalue weighted by Crippen LogP contribution is 2.30. The molecule has 0 unspecified atom stereocenters. The number of ether oxygens (including phenoxy) is 2. The van der Waals surface area contributed by atoms with E-state index in [1.54, 1.807) is 24.6 Å². The second-order valence-electron chi connectivity index (χ2n) is 6.56. The van der Waals surface area contributed by atoms with Gasteiger partial charge in [-0.2, -0.15) is 0 Å². The van der Waals surface area contributed by atoms with Gasteiger partial charge in [-0.25, -0.2) is 14.6 Å². The topological polar surface area (TPSA) is 103 Å². The average molecular weight is 379 g/mol. The number of esters is 2. The van der Waals surface area contributed by atoms with Crippen molar-refractivity contribution in [2.75, 3.05) is 0 Å². The third-order valence-electron chi connectivity index (χ3n) is 4.75. The summed E-state index contributed by atoms with van der Waals surface area (Å²) in [6.07, 6.45) is 3.13. The number of aromatic nitrogens is 3. The molecule has 1 N–H and O–H groups in total. The quantitative estimate of drug-likeness (QED) is 0.549. The minimum Gasteiger partial charge on any atom is -0.411 e. The largest absolute Gasteiger partial charge is 0.411 e. The Kier molecular flexibility index (Phi) is 4.11. The first-order chi connectivity index (χ1) is 13.4. The molecule has 0 fully saturated rings. The Morgan fingerprint density at radius 1 is 1.18 bits per heavy atom. The van der Waals surface area contributed by atoms with Crippen LogP contribution in [0.4, 0.5) is 0 Å². The van der Waals surface area contributed by atoms with E-state index >= 15 is 0 Å². The van der Waals surface area contributed by atoms with Crippen molar-refractivity contribution < 1.29 is 23.9 Å². The molecule has 1 aromatic carbocycles. The van der Waals surface area contributed by atoms with Crippen LogP contribution in [0.5, 0.6) is 0 Å². The number of fused-ring (bicyclic) bond motifs is 1. The van der Waals surface area contributed by atoms with Crippen LogP contribution in [0.2, 0.25) is 0 Å². The van der Waals surface area contributed by atoms with E-state index in [2.05, 4.69) is 9.97 Å². The number of nitrogens with zero attached hydrogens (tertiary/aromatic N) is 2. The van der Waals surface area contributed by atoms with Crippen LogP contribution < -0.4 is 0 Å². The monoisotopic (exact) mass is 379 g/mol. The number of carbonyl (C=O) groups is 3. The fourth-order valence-corrected chi connectivity index (χ4v) is 3.28. The zero-order chi connectivity index (χ0) is 19.9. The highest BCUT2D eigenvalue weighted by atomic mass is 16.7. The summed E-state index contributed by atoms with van der Waals surface area (Å²) in [6.45, 7) is 1.76. The number of para-hydroxylation sites is 1. The smallest absolute Gasteiger partial charge is 0.334 e. The minimum atomic E-state index is -2.15. The molecule has 0 bridgehead atoms. The number of hydrogen-bond donors (Lipinski definition) is 1. The molecule has 0 spiro atoms. The Morgan fingerprint density at radius 2 is 1.86 bits per heavy atom. The maximum Gasteiger partial charge on any atom is 0.334 e. The number of nitrogens with one attached hydrogen (secondary N) is 1. The molecule has 0 saturated carbocycles. The molecule has 0 radical (unpaired) electrons. The molecule has 3 aromatic rings. The summed E-state index contributed by atoms with van der Waals surface area (Å²) in [5.74, 6) is -4.48. The van der Waals surface area contributed by atoms with Crippen molar-refractivity contribution in [1.82, 2.24) is 14.5 Å². The van der Waals surface area contributed by atoms with E-state index in [0.29, 0.717) is 11.4 Å². The summed E-state index contributed by atoms with van der Waals surface area (Å²) in [5, 5.41) is 0.837. The Morgan fingerprint density at radius 3 is 2.46 bits per heavy atom. The van der Waals surface area contributed by atoms with Gasteiger partial charge in [0.25, 0.3) is 5.78 Å². The Bertz CT molecular complexity index is 1120. The lowest BCUT2D eigenvalue weighted by Crippen LogP contribution is -2.49. The van der Waals surface area contributed by atoms with Crippen LogP contribution in [0, 0.1) is 6.92 Å². The lowest BCUT2D eigenvalue weighted by molar-refractivity contribution is -0.201. The predicted octanol–water partition coefficient (Wildman–Crippen LogP) is 1.99. The van der Waals surface area contributed by atoms with Crippen molar-refractivity contribution >= 4 is 28.6 Å². The van der Waals surface area contributed by atoms with Gasteiger partial charge in [0.05, 0.1) is 24.1 Å². The molecule has 1 aliphatic rings. The third-order valence-corrected chi connectivity index (χ3v) is 4.75. The van der Waals surface area contributed by atoms with Gasteiger partial charge in [-0.3, -0.25) is 4.79 Å². The molecule has 1 aliphatic heterocycles. The van der Waals surface area contributed by atoms with Gasteiger partial charge in [0, 0.05) is 35.8 Å². The number of aromatic amines is 1. The van der Waals surface area contributed by atoms with Gasteiger partial charge in [-0.1, -0.05) is 18.2 Å². The van der Waals surface area contributed by atoms with E-state index in [1.807, 2.05) is 24.3 Å². The molecule has 0 saturated heterocycles. The van der Waals surface area contributed by atoms with Crippen molar-refractivity contribution in [3.8, 4) is 0 Å². The van der Waals surface area contributed by atoms with Crippen LogP contribution >= 0.6 is 0 Å². The molecule has 8 nitrogen and oxygen atoms in total. The summed E-state index contributed by atoms with van der Waals surface area (Å²) in [4.78, 5) is 44.9. The zero-order valence-electron chi connectivity index (χ0n) is 15.3. The molecule has 28 heavy (non-hydrogen) atoms. The highest BCUT2D eigenvalue weighted by molar-refractivity contribution is 6.07. The number of cyclic esters (lactones) is 2. The molecule has 3 heterocycles. The van der Waals surface area contributed by atoms with Crippen LogP contribution in [-0.2, 0) is 32.5 Å². The summed E-state index contributed by atoms with van der Waals surface area (Å²) in [5.41, 5.74) is 2.20. The zero-order valence-corrected chi connectivity index (χ0v) is 15.3. The van der Waals surface area contributed by atoms with E-state index in [0.717, 1.165) is 23.1 Å². The van der Waals surface area contributed by atoms with Gasteiger partial charge in [0.2, 0.25) is 0 Å². The number of hydrogen-bond acceptors (Lipinski definition) is 6. The molecule has 0 amide bonds. The van der Waals surface area contributed by atoms with Gasteiger partial charge in [0.15, 0.2) is 0 Å². The van der Waals surface area contributed by atoms with E-state index in [4.69, 9.17) is 9.47 Å². The van der Waals surface area contributed by atoms with Gasteiger partial charge in [0.1, 0.15) is 0 Å². The molecule has 4 rings (SSSR count). The first kappa shape index (κ1) is 17.7. The first-order valence-electron chi connectivity index (χ1n) is 8.62. The van der Waals surface area contributed by atoms with Gasteiger partial charge in [-0.15, -0.1) is 0 Å².